The minimum Gasteiger partial charge on any atom is -0.386 e. The molecule has 1 N–H and O–H groups in total. The molecule has 92 valence electrons. The van der Waals surface area contributed by atoms with Crippen LogP contribution in [0.15, 0.2) is 36.7 Å². The molecule has 0 saturated heterocycles. The summed E-state index contributed by atoms with van der Waals surface area (Å²) in [5.41, 5.74) is 4.17. The highest BCUT2D eigenvalue weighted by molar-refractivity contribution is 5.31. The Bertz CT molecular complexity index is 568. The summed E-state index contributed by atoms with van der Waals surface area (Å²) in [6.07, 6.45) is 4.94. The molecule has 1 aliphatic rings. The maximum absolute atomic E-state index is 10.5. The molecule has 3 nitrogen and oxygen atoms in total. The predicted octanol–water partition coefficient (Wildman–Crippen LogP) is 2.55. The zero-order valence-corrected chi connectivity index (χ0v) is 10.4. The van der Waals surface area contributed by atoms with Gasteiger partial charge in [-0.15, -0.1) is 0 Å². The van der Waals surface area contributed by atoms with Crippen molar-refractivity contribution in [2.75, 3.05) is 0 Å². The number of fused-ring (bicyclic) bond motifs is 1. The van der Waals surface area contributed by atoms with Crippen LogP contribution >= 0.6 is 0 Å². The number of pyridine rings is 2. The molecule has 0 fully saturated rings. The lowest BCUT2D eigenvalue weighted by atomic mass is 9.96. The first-order chi connectivity index (χ1) is 8.75. The van der Waals surface area contributed by atoms with Crippen molar-refractivity contribution in [2.45, 2.75) is 31.8 Å². The molecule has 0 bridgehead atoms. The van der Waals surface area contributed by atoms with Gasteiger partial charge in [0.15, 0.2) is 0 Å². The van der Waals surface area contributed by atoms with Crippen LogP contribution < -0.4 is 0 Å². The standard InChI is InChI=1S/C15H16N2O/c1-10-6-8-16-13(9-10)15(18)12-5-4-11-3-2-7-17-14(11)12/h2-3,6-9,12,15,18H,4-5H2,1H3. The Morgan fingerprint density at radius 3 is 3.00 bits per heavy atom. The molecular weight excluding hydrogens is 224 g/mol. The summed E-state index contributed by atoms with van der Waals surface area (Å²) < 4.78 is 0. The van der Waals surface area contributed by atoms with E-state index in [-0.39, 0.29) is 5.92 Å². The second-order valence-electron chi connectivity index (χ2n) is 4.90. The third-order valence-corrected chi connectivity index (χ3v) is 3.62. The van der Waals surface area contributed by atoms with E-state index in [0.29, 0.717) is 0 Å². The van der Waals surface area contributed by atoms with Crippen LogP contribution in [0.5, 0.6) is 0 Å². The first-order valence-corrected chi connectivity index (χ1v) is 6.30. The van der Waals surface area contributed by atoms with Crippen molar-refractivity contribution in [1.82, 2.24) is 9.97 Å². The zero-order chi connectivity index (χ0) is 12.5. The van der Waals surface area contributed by atoms with Gasteiger partial charge in [0.2, 0.25) is 0 Å². The number of hydrogen-bond acceptors (Lipinski definition) is 3. The van der Waals surface area contributed by atoms with Crippen molar-refractivity contribution >= 4 is 0 Å². The van der Waals surface area contributed by atoms with Crippen molar-refractivity contribution in [1.29, 1.82) is 0 Å². The van der Waals surface area contributed by atoms with E-state index < -0.39 is 6.10 Å². The predicted molar refractivity (Wildman–Crippen MR) is 69.2 cm³/mol. The fourth-order valence-electron chi connectivity index (χ4n) is 2.68. The topological polar surface area (TPSA) is 46.0 Å². The number of aliphatic hydroxyl groups excluding tert-OH is 1. The summed E-state index contributed by atoms with van der Waals surface area (Å²) >= 11 is 0. The smallest absolute Gasteiger partial charge is 0.104 e. The monoisotopic (exact) mass is 240 g/mol. The molecule has 2 unspecified atom stereocenters. The number of aliphatic hydroxyl groups is 1. The van der Waals surface area contributed by atoms with Crippen molar-refractivity contribution in [3.8, 4) is 0 Å². The number of aryl methyl sites for hydroxylation is 2. The number of hydrogen-bond donors (Lipinski definition) is 1. The van der Waals surface area contributed by atoms with Crippen molar-refractivity contribution in [3.63, 3.8) is 0 Å². The Kier molecular flexibility index (Phi) is 2.84. The van der Waals surface area contributed by atoms with Gasteiger partial charge in [-0.05, 0) is 49.1 Å². The number of rotatable bonds is 2. The molecule has 0 aliphatic heterocycles. The lowest BCUT2D eigenvalue weighted by Gasteiger charge is -2.18. The van der Waals surface area contributed by atoms with E-state index >= 15 is 0 Å². The Hall–Kier alpha value is -1.74. The summed E-state index contributed by atoms with van der Waals surface area (Å²) in [6, 6.07) is 7.94. The van der Waals surface area contributed by atoms with Crippen LogP contribution in [0, 0.1) is 6.92 Å². The second-order valence-corrected chi connectivity index (χ2v) is 4.90. The zero-order valence-electron chi connectivity index (χ0n) is 10.4. The Morgan fingerprint density at radius 2 is 2.17 bits per heavy atom. The van der Waals surface area contributed by atoms with Gasteiger partial charge in [-0.1, -0.05) is 6.07 Å². The molecule has 0 saturated carbocycles. The van der Waals surface area contributed by atoms with Crippen LogP contribution in [0.4, 0.5) is 0 Å². The number of nitrogens with zero attached hydrogens (tertiary/aromatic N) is 2. The summed E-state index contributed by atoms with van der Waals surface area (Å²) in [5.74, 6) is 0.0792. The second kappa shape index (κ2) is 4.50. The van der Waals surface area contributed by atoms with E-state index in [1.54, 1.807) is 12.4 Å². The van der Waals surface area contributed by atoms with Crippen molar-refractivity contribution < 1.29 is 5.11 Å². The van der Waals surface area contributed by atoms with Gasteiger partial charge in [0.1, 0.15) is 6.10 Å². The maximum Gasteiger partial charge on any atom is 0.104 e. The Balaban J connectivity index is 1.93. The highest BCUT2D eigenvalue weighted by atomic mass is 16.3. The fourth-order valence-corrected chi connectivity index (χ4v) is 2.68. The highest BCUT2D eigenvalue weighted by Crippen LogP contribution is 2.39. The molecule has 3 rings (SSSR count). The van der Waals surface area contributed by atoms with Crippen LogP contribution in [0.3, 0.4) is 0 Å². The third kappa shape index (κ3) is 1.91. The van der Waals surface area contributed by atoms with E-state index in [1.807, 2.05) is 25.1 Å². The minimum absolute atomic E-state index is 0.0792. The summed E-state index contributed by atoms with van der Waals surface area (Å²) in [4.78, 5) is 8.70. The molecule has 2 aromatic rings. The molecule has 3 heteroatoms. The number of aromatic nitrogens is 2. The van der Waals surface area contributed by atoms with Gasteiger partial charge < -0.3 is 5.11 Å². The minimum atomic E-state index is -0.555. The normalized spacial score (nSPS) is 19.6. The fraction of sp³-hybridized carbons (Fsp3) is 0.333. The lowest BCUT2D eigenvalue weighted by molar-refractivity contribution is 0.139. The van der Waals surface area contributed by atoms with E-state index in [0.717, 1.165) is 29.8 Å². The van der Waals surface area contributed by atoms with Crippen LogP contribution in [0.2, 0.25) is 0 Å². The van der Waals surface area contributed by atoms with Crippen LogP contribution in [-0.4, -0.2) is 15.1 Å². The molecule has 0 spiro atoms. The molecule has 2 heterocycles. The molecule has 2 aromatic heterocycles. The van der Waals surface area contributed by atoms with Crippen molar-refractivity contribution in [2.24, 2.45) is 0 Å². The average molecular weight is 240 g/mol. The first kappa shape index (κ1) is 11.4. The highest BCUT2D eigenvalue weighted by Gasteiger charge is 2.31. The molecule has 2 atom stereocenters. The molecule has 18 heavy (non-hydrogen) atoms. The van der Waals surface area contributed by atoms with Gasteiger partial charge in [-0.25, -0.2) is 0 Å². The average Bonchev–Trinajstić information content (AvgIpc) is 2.82. The van der Waals surface area contributed by atoms with E-state index in [2.05, 4.69) is 16.0 Å². The van der Waals surface area contributed by atoms with Crippen LogP contribution in [0.1, 0.15) is 41.0 Å². The van der Waals surface area contributed by atoms with E-state index in [4.69, 9.17) is 0 Å². The van der Waals surface area contributed by atoms with Gasteiger partial charge in [0.25, 0.3) is 0 Å². The first-order valence-electron chi connectivity index (χ1n) is 6.30. The van der Waals surface area contributed by atoms with Gasteiger partial charge in [-0.3, -0.25) is 9.97 Å². The van der Waals surface area contributed by atoms with E-state index in [9.17, 15) is 5.11 Å². The maximum atomic E-state index is 10.5. The SMILES string of the molecule is Cc1ccnc(C(O)C2CCc3cccnc32)c1. The van der Waals surface area contributed by atoms with Crippen molar-refractivity contribution in [3.05, 3.63) is 59.2 Å². The van der Waals surface area contributed by atoms with Crippen LogP contribution in [0.25, 0.3) is 0 Å². The summed E-state index contributed by atoms with van der Waals surface area (Å²) in [6.45, 7) is 2.01. The molecule has 0 radical (unpaired) electrons. The molecule has 0 aromatic carbocycles. The van der Waals surface area contributed by atoms with Crippen LogP contribution in [-0.2, 0) is 6.42 Å². The van der Waals surface area contributed by atoms with Gasteiger partial charge in [0, 0.05) is 24.0 Å². The van der Waals surface area contributed by atoms with Gasteiger partial charge in [-0.2, -0.15) is 0 Å². The quantitative estimate of drug-likeness (QED) is 0.877. The Labute approximate surface area is 107 Å². The molecule has 0 amide bonds. The van der Waals surface area contributed by atoms with Gasteiger partial charge >= 0.3 is 0 Å². The molecular formula is C15H16N2O. The Morgan fingerprint density at radius 1 is 1.28 bits per heavy atom. The van der Waals surface area contributed by atoms with Gasteiger partial charge in [0.05, 0.1) is 5.69 Å². The summed E-state index contributed by atoms with van der Waals surface area (Å²) in [5, 5.41) is 10.5. The van der Waals surface area contributed by atoms with E-state index in [1.165, 1.54) is 5.56 Å². The summed E-state index contributed by atoms with van der Waals surface area (Å²) in [7, 11) is 0. The largest absolute Gasteiger partial charge is 0.386 e. The molecule has 1 aliphatic carbocycles. The lowest BCUT2D eigenvalue weighted by Crippen LogP contribution is -2.11. The third-order valence-electron chi connectivity index (χ3n) is 3.62.